The van der Waals surface area contributed by atoms with Crippen LogP contribution < -0.4 is 4.74 Å². The van der Waals surface area contributed by atoms with Gasteiger partial charge in [0.25, 0.3) is 0 Å². The first-order valence-corrected chi connectivity index (χ1v) is 7.98. The molecule has 1 heterocycles. The topological polar surface area (TPSA) is 76.1 Å². The summed E-state index contributed by atoms with van der Waals surface area (Å²) in [5, 5.41) is 11.9. The summed E-state index contributed by atoms with van der Waals surface area (Å²) >= 11 is 0. The fraction of sp³-hybridized carbons (Fsp3) is 0.263. The van der Waals surface area contributed by atoms with Crippen molar-refractivity contribution in [3.8, 4) is 5.75 Å². The van der Waals surface area contributed by atoms with Crippen molar-refractivity contribution in [2.24, 2.45) is 0 Å². The van der Waals surface area contributed by atoms with Crippen LogP contribution in [0.5, 0.6) is 5.75 Å². The first-order valence-electron chi connectivity index (χ1n) is 7.98. The van der Waals surface area contributed by atoms with E-state index >= 15 is 0 Å². The lowest BCUT2D eigenvalue weighted by Gasteiger charge is -2.35. The van der Waals surface area contributed by atoms with Gasteiger partial charge in [0.05, 0.1) is 6.61 Å². The van der Waals surface area contributed by atoms with Gasteiger partial charge in [-0.05, 0) is 30.7 Å². The minimum Gasteiger partial charge on any atom is -0.512 e. The van der Waals surface area contributed by atoms with Gasteiger partial charge in [-0.1, -0.05) is 30.3 Å². The number of likely N-dealkylation sites (N-methyl/N-ethyl adjacent to an activating group) is 1. The number of carbonyl (C=O) groups excluding carboxylic acids is 2. The lowest BCUT2D eigenvalue weighted by Crippen LogP contribution is -2.40. The smallest absolute Gasteiger partial charge is 0.415 e. The van der Waals surface area contributed by atoms with E-state index in [0.29, 0.717) is 11.3 Å². The first kappa shape index (κ1) is 16.8. The van der Waals surface area contributed by atoms with Crippen molar-refractivity contribution >= 4 is 22.8 Å². The second kappa shape index (κ2) is 6.47. The fourth-order valence-corrected chi connectivity index (χ4v) is 3.12. The molecule has 1 aliphatic heterocycles. The third kappa shape index (κ3) is 2.80. The number of aliphatic hydroxyl groups excluding tert-OH is 1. The maximum atomic E-state index is 12.5. The zero-order valence-electron chi connectivity index (χ0n) is 14.3. The molecule has 0 fully saturated rings. The van der Waals surface area contributed by atoms with Crippen molar-refractivity contribution in [2.75, 3.05) is 13.7 Å². The van der Waals surface area contributed by atoms with E-state index in [-0.39, 0.29) is 17.9 Å². The maximum Gasteiger partial charge on any atom is 0.415 e. The van der Waals surface area contributed by atoms with Crippen LogP contribution in [-0.4, -0.2) is 35.7 Å². The van der Waals surface area contributed by atoms with Crippen LogP contribution >= 0.6 is 0 Å². The highest BCUT2D eigenvalue weighted by atomic mass is 16.6. The third-order valence-corrected chi connectivity index (χ3v) is 4.24. The first-order chi connectivity index (χ1) is 12.0. The number of benzene rings is 2. The highest BCUT2D eigenvalue weighted by molar-refractivity contribution is 5.97. The standard InChI is InChI=1S/C19H19NO5/c1-4-24-18(22)15(11(2)21)17-16-13-8-6-5-7-12(13)9-10-14(16)25-19(23)20(17)3/h5-10,17,21H,4H2,1-3H3/b15-11-. The van der Waals surface area contributed by atoms with Gasteiger partial charge in [0, 0.05) is 12.6 Å². The summed E-state index contributed by atoms with van der Waals surface area (Å²) in [5.74, 6) is -0.480. The molecule has 2 aromatic carbocycles. The van der Waals surface area contributed by atoms with Crippen LogP contribution in [0.15, 0.2) is 47.7 Å². The molecule has 1 unspecified atom stereocenters. The summed E-state index contributed by atoms with van der Waals surface area (Å²) < 4.78 is 10.5. The van der Waals surface area contributed by atoms with Gasteiger partial charge in [-0.2, -0.15) is 0 Å². The van der Waals surface area contributed by atoms with Gasteiger partial charge in [0.15, 0.2) is 0 Å². The van der Waals surface area contributed by atoms with E-state index in [2.05, 4.69) is 0 Å². The van der Waals surface area contributed by atoms with E-state index in [1.807, 2.05) is 30.3 Å². The SMILES string of the molecule is CCOC(=O)/C(=C(/C)O)C1c2c(ccc3ccccc23)OC(=O)N1C. The van der Waals surface area contributed by atoms with Crippen molar-refractivity contribution in [3.63, 3.8) is 0 Å². The quantitative estimate of drug-likeness (QED) is 0.523. The van der Waals surface area contributed by atoms with Gasteiger partial charge in [-0.25, -0.2) is 9.59 Å². The number of aliphatic hydroxyl groups is 1. The van der Waals surface area contributed by atoms with Crippen molar-refractivity contribution in [1.82, 2.24) is 4.90 Å². The molecule has 2 aromatic rings. The second-order valence-electron chi connectivity index (χ2n) is 5.80. The van der Waals surface area contributed by atoms with E-state index in [1.165, 1.54) is 18.9 Å². The van der Waals surface area contributed by atoms with Gasteiger partial charge in [-0.3, -0.25) is 4.90 Å². The van der Waals surface area contributed by atoms with Crippen molar-refractivity contribution in [3.05, 3.63) is 53.3 Å². The Balaban J connectivity index is 2.30. The van der Waals surface area contributed by atoms with Crippen LogP contribution in [0.25, 0.3) is 10.8 Å². The number of allylic oxidation sites excluding steroid dienone is 1. The molecule has 0 spiro atoms. The molecule has 3 rings (SSSR count). The highest BCUT2D eigenvalue weighted by Gasteiger charge is 2.39. The number of hydrogen-bond donors (Lipinski definition) is 1. The summed E-state index contributed by atoms with van der Waals surface area (Å²) in [4.78, 5) is 26.0. The minimum absolute atomic E-state index is 0.0265. The predicted octanol–water partition coefficient (Wildman–Crippen LogP) is 3.72. The molecule has 0 aromatic heterocycles. The Labute approximate surface area is 145 Å². The molecular weight excluding hydrogens is 322 g/mol. The van der Waals surface area contributed by atoms with E-state index in [1.54, 1.807) is 13.0 Å². The number of carbonyl (C=O) groups is 2. The lowest BCUT2D eigenvalue weighted by molar-refractivity contribution is -0.139. The van der Waals surface area contributed by atoms with E-state index in [4.69, 9.17) is 9.47 Å². The molecule has 25 heavy (non-hydrogen) atoms. The number of ether oxygens (including phenoxy) is 2. The molecular formula is C19H19NO5. The van der Waals surface area contributed by atoms with Crippen LogP contribution in [0.4, 0.5) is 4.79 Å². The number of nitrogens with zero attached hydrogens (tertiary/aromatic N) is 1. The van der Waals surface area contributed by atoms with Gasteiger partial charge in [0.1, 0.15) is 23.1 Å². The summed E-state index contributed by atoms with van der Waals surface area (Å²) in [7, 11) is 1.53. The monoisotopic (exact) mass is 341 g/mol. The zero-order chi connectivity index (χ0) is 18.1. The maximum absolute atomic E-state index is 12.5. The Bertz CT molecular complexity index is 883. The molecule has 6 heteroatoms. The van der Waals surface area contributed by atoms with Crippen LogP contribution in [0.1, 0.15) is 25.5 Å². The molecule has 1 amide bonds. The number of hydrogen-bond acceptors (Lipinski definition) is 5. The highest BCUT2D eigenvalue weighted by Crippen LogP contribution is 2.43. The molecule has 0 saturated heterocycles. The van der Waals surface area contributed by atoms with E-state index in [0.717, 1.165) is 10.8 Å². The predicted molar refractivity (Wildman–Crippen MR) is 92.4 cm³/mol. The number of fused-ring (bicyclic) bond motifs is 3. The van der Waals surface area contributed by atoms with Crippen LogP contribution in [0.2, 0.25) is 0 Å². The van der Waals surface area contributed by atoms with Crippen molar-refractivity contribution in [1.29, 1.82) is 0 Å². The molecule has 1 N–H and O–H groups in total. The molecule has 1 atom stereocenters. The lowest BCUT2D eigenvalue weighted by atomic mass is 9.90. The average Bonchev–Trinajstić information content (AvgIpc) is 2.58. The van der Waals surface area contributed by atoms with Gasteiger partial charge in [-0.15, -0.1) is 0 Å². The Hall–Kier alpha value is -3.02. The molecule has 130 valence electrons. The van der Waals surface area contributed by atoms with Gasteiger partial charge < -0.3 is 14.6 Å². The number of amides is 1. The van der Waals surface area contributed by atoms with Crippen LogP contribution in [0, 0.1) is 0 Å². The number of esters is 1. The fourth-order valence-electron chi connectivity index (χ4n) is 3.12. The Morgan fingerprint density at radius 1 is 1.28 bits per heavy atom. The van der Waals surface area contributed by atoms with E-state index < -0.39 is 18.1 Å². The van der Waals surface area contributed by atoms with E-state index in [9.17, 15) is 14.7 Å². The Morgan fingerprint density at radius 2 is 2.00 bits per heavy atom. The molecule has 6 nitrogen and oxygen atoms in total. The van der Waals surface area contributed by atoms with Crippen molar-refractivity contribution < 1.29 is 24.2 Å². The normalized spacial score (nSPS) is 17.6. The van der Waals surface area contributed by atoms with Gasteiger partial charge >= 0.3 is 12.1 Å². The van der Waals surface area contributed by atoms with Crippen LogP contribution in [0.3, 0.4) is 0 Å². The summed E-state index contributed by atoms with van der Waals surface area (Å²) in [6.07, 6.45) is -0.601. The van der Waals surface area contributed by atoms with Gasteiger partial charge in [0.2, 0.25) is 0 Å². The molecule has 1 aliphatic rings. The van der Waals surface area contributed by atoms with Crippen LogP contribution in [-0.2, 0) is 9.53 Å². The summed E-state index contributed by atoms with van der Waals surface area (Å²) in [5.41, 5.74) is 0.676. The third-order valence-electron chi connectivity index (χ3n) is 4.24. The molecule has 0 radical (unpaired) electrons. The van der Waals surface area contributed by atoms with Crippen molar-refractivity contribution in [2.45, 2.75) is 19.9 Å². The summed E-state index contributed by atoms with van der Waals surface area (Å²) in [6, 6.07) is 10.4. The average molecular weight is 341 g/mol. The zero-order valence-corrected chi connectivity index (χ0v) is 14.3. The second-order valence-corrected chi connectivity index (χ2v) is 5.80. The number of rotatable bonds is 3. The molecule has 0 bridgehead atoms. The minimum atomic E-state index is -0.800. The summed E-state index contributed by atoms with van der Waals surface area (Å²) in [6.45, 7) is 3.26. The molecule has 0 saturated carbocycles. The largest absolute Gasteiger partial charge is 0.512 e. The Morgan fingerprint density at radius 3 is 2.68 bits per heavy atom. The Kier molecular flexibility index (Phi) is 4.35. The molecule has 0 aliphatic carbocycles.